The van der Waals surface area contributed by atoms with Crippen LogP contribution in [0, 0.1) is 10.1 Å². The highest BCUT2D eigenvalue weighted by molar-refractivity contribution is 5.65. The number of rotatable bonds is 4. The van der Waals surface area contributed by atoms with Gasteiger partial charge in [0.1, 0.15) is 5.69 Å². The smallest absolute Gasteiger partial charge is 0.292 e. The molecule has 0 amide bonds. The highest BCUT2D eigenvalue weighted by Gasteiger charge is 2.27. The van der Waals surface area contributed by atoms with Crippen molar-refractivity contribution in [2.24, 2.45) is 0 Å². The van der Waals surface area contributed by atoms with E-state index in [2.05, 4.69) is 23.6 Å². The zero-order valence-electron chi connectivity index (χ0n) is 12.8. The molecule has 116 valence electrons. The summed E-state index contributed by atoms with van der Waals surface area (Å²) >= 11 is 0. The van der Waals surface area contributed by atoms with Crippen LogP contribution in [0.15, 0.2) is 18.2 Å². The molecule has 2 unspecified atom stereocenters. The van der Waals surface area contributed by atoms with E-state index in [4.69, 9.17) is 0 Å². The van der Waals surface area contributed by atoms with Gasteiger partial charge in [0.05, 0.1) is 11.0 Å². The maximum atomic E-state index is 11.3. The van der Waals surface area contributed by atoms with Crippen molar-refractivity contribution in [2.75, 3.05) is 31.1 Å². The molecule has 1 fully saturated rings. The number of nitro benzene ring substituents is 1. The number of hydrogen-bond acceptors (Lipinski definition) is 5. The van der Waals surface area contributed by atoms with Gasteiger partial charge in [-0.15, -0.1) is 0 Å². The molecule has 0 bridgehead atoms. The van der Waals surface area contributed by atoms with Crippen LogP contribution in [0.3, 0.4) is 0 Å². The first-order valence-corrected chi connectivity index (χ1v) is 7.39. The Morgan fingerprint density at radius 1 is 1.48 bits per heavy atom. The van der Waals surface area contributed by atoms with Crippen LogP contribution in [0.4, 0.5) is 11.4 Å². The molecule has 1 aromatic carbocycles. The monoisotopic (exact) mass is 293 g/mol. The predicted octanol–water partition coefficient (Wildman–Crippen LogP) is 2.18. The number of benzene rings is 1. The third kappa shape index (κ3) is 3.33. The molecule has 1 aliphatic rings. The Balaban J connectivity index is 2.29. The van der Waals surface area contributed by atoms with Gasteiger partial charge in [-0.05, 0) is 32.0 Å². The summed E-state index contributed by atoms with van der Waals surface area (Å²) in [5, 5.41) is 20.9. The lowest BCUT2D eigenvalue weighted by Gasteiger charge is -2.40. The Kier molecular flexibility index (Phi) is 4.80. The molecule has 1 heterocycles. The van der Waals surface area contributed by atoms with E-state index in [1.54, 1.807) is 19.1 Å². The van der Waals surface area contributed by atoms with Crippen LogP contribution >= 0.6 is 0 Å². The molecule has 6 heteroatoms. The molecule has 0 radical (unpaired) electrons. The summed E-state index contributed by atoms with van der Waals surface area (Å²) in [6, 6.07) is 5.38. The second-order valence-electron chi connectivity index (χ2n) is 5.60. The number of aliphatic hydroxyl groups is 1. The number of anilines is 1. The van der Waals surface area contributed by atoms with Gasteiger partial charge in [0.2, 0.25) is 0 Å². The first kappa shape index (κ1) is 15.7. The summed E-state index contributed by atoms with van der Waals surface area (Å²) in [6.07, 6.45) is -0.700. The van der Waals surface area contributed by atoms with E-state index in [-0.39, 0.29) is 10.6 Å². The number of hydrogen-bond donors (Lipinski definition) is 1. The molecular weight excluding hydrogens is 270 g/mol. The SMILES string of the molecule is CCN1CCN(c2ccc(C(C)O)cc2[N+](=O)[O-])CC1C. The van der Waals surface area contributed by atoms with Crippen molar-refractivity contribution in [3.8, 4) is 0 Å². The predicted molar refractivity (Wildman–Crippen MR) is 82.7 cm³/mol. The van der Waals surface area contributed by atoms with Gasteiger partial charge >= 0.3 is 0 Å². The molecule has 6 nitrogen and oxygen atoms in total. The van der Waals surface area contributed by atoms with Gasteiger partial charge in [0.25, 0.3) is 5.69 Å². The zero-order valence-corrected chi connectivity index (χ0v) is 12.8. The summed E-state index contributed by atoms with van der Waals surface area (Å²) in [5.74, 6) is 0. The van der Waals surface area contributed by atoms with Crippen LogP contribution in [0.1, 0.15) is 32.4 Å². The summed E-state index contributed by atoms with van der Waals surface area (Å²) in [5.41, 5.74) is 1.29. The number of aliphatic hydroxyl groups excluding tert-OH is 1. The quantitative estimate of drug-likeness (QED) is 0.680. The molecule has 1 saturated heterocycles. The molecule has 2 atom stereocenters. The van der Waals surface area contributed by atoms with Gasteiger partial charge in [0, 0.05) is 31.7 Å². The molecule has 2 rings (SSSR count). The Labute approximate surface area is 125 Å². The molecule has 21 heavy (non-hydrogen) atoms. The largest absolute Gasteiger partial charge is 0.389 e. The number of nitro groups is 1. The average Bonchev–Trinajstić information content (AvgIpc) is 2.46. The Bertz CT molecular complexity index is 519. The van der Waals surface area contributed by atoms with Gasteiger partial charge in [0.15, 0.2) is 0 Å². The van der Waals surface area contributed by atoms with E-state index >= 15 is 0 Å². The third-order valence-electron chi connectivity index (χ3n) is 4.19. The summed E-state index contributed by atoms with van der Waals surface area (Å²) in [6.45, 7) is 9.36. The lowest BCUT2D eigenvalue weighted by Crippen LogP contribution is -2.51. The van der Waals surface area contributed by atoms with E-state index in [9.17, 15) is 15.2 Å². The van der Waals surface area contributed by atoms with Crippen molar-refractivity contribution in [3.63, 3.8) is 0 Å². The molecule has 0 saturated carbocycles. The first-order chi connectivity index (χ1) is 9.93. The molecule has 0 aliphatic carbocycles. The maximum absolute atomic E-state index is 11.3. The molecule has 0 spiro atoms. The molecule has 0 aromatic heterocycles. The van der Waals surface area contributed by atoms with Gasteiger partial charge < -0.3 is 10.0 Å². The topological polar surface area (TPSA) is 69.8 Å². The Morgan fingerprint density at radius 3 is 2.71 bits per heavy atom. The number of nitrogens with zero attached hydrogens (tertiary/aromatic N) is 3. The summed E-state index contributed by atoms with van der Waals surface area (Å²) in [7, 11) is 0. The van der Waals surface area contributed by atoms with Crippen molar-refractivity contribution in [1.82, 2.24) is 4.90 Å². The molecule has 1 aromatic rings. The van der Waals surface area contributed by atoms with Crippen LogP contribution in [0.2, 0.25) is 0 Å². The normalized spacial score (nSPS) is 21.3. The van der Waals surface area contributed by atoms with E-state index in [0.717, 1.165) is 26.2 Å². The standard InChI is InChI=1S/C15H23N3O3/c1-4-16-7-8-17(10-11(16)2)14-6-5-13(12(3)19)9-15(14)18(20)21/h5-6,9,11-12,19H,4,7-8,10H2,1-3H3. The first-order valence-electron chi connectivity index (χ1n) is 7.39. The fourth-order valence-electron chi connectivity index (χ4n) is 2.90. The van der Waals surface area contributed by atoms with Gasteiger partial charge in [-0.1, -0.05) is 13.0 Å². The van der Waals surface area contributed by atoms with Crippen LogP contribution in [0.5, 0.6) is 0 Å². The van der Waals surface area contributed by atoms with Crippen LogP contribution in [-0.2, 0) is 0 Å². The fraction of sp³-hybridized carbons (Fsp3) is 0.600. The summed E-state index contributed by atoms with van der Waals surface area (Å²) < 4.78 is 0. The van der Waals surface area contributed by atoms with Crippen molar-refractivity contribution in [3.05, 3.63) is 33.9 Å². The average molecular weight is 293 g/mol. The highest BCUT2D eigenvalue weighted by atomic mass is 16.6. The lowest BCUT2D eigenvalue weighted by molar-refractivity contribution is -0.384. The lowest BCUT2D eigenvalue weighted by atomic mass is 10.1. The zero-order chi connectivity index (χ0) is 15.6. The van der Waals surface area contributed by atoms with E-state index in [1.807, 2.05) is 0 Å². The minimum absolute atomic E-state index is 0.0746. The van der Waals surface area contributed by atoms with E-state index in [1.165, 1.54) is 6.07 Å². The highest BCUT2D eigenvalue weighted by Crippen LogP contribution is 2.32. The minimum atomic E-state index is -0.700. The van der Waals surface area contributed by atoms with Crippen molar-refractivity contribution in [2.45, 2.75) is 32.9 Å². The fourth-order valence-corrected chi connectivity index (χ4v) is 2.90. The second-order valence-corrected chi connectivity index (χ2v) is 5.60. The van der Waals surface area contributed by atoms with Crippen LogP contribution in [-0.4, -0.2) is 47.2 Å². The summed E-state index contributed by atoms with van der Waals surface area (Å²) in [4.78, 5) is 15.4. The number of likely N-dealkylation sites (N-methyl/N-ethyl adjacent to an activating group) is 1. The van der Waals surface area contributed by atoms with Crippen molar-refractivity contribution < 1.29 is 10.0 Å². The van der Waals surface area contributed by atoms with E-state index in [0.29, 0.717) is 17.3 Å². The third-order valence-corrected chi connectivity index (χ3v) is 4.19. The Hall–Kier alpha value is -1.66. The van der Waals surface area contributed by atoms with Gasteiger partial charge in [-0.25, -0.2) is 0 Å². The molecule has 1 aliphatic heterocycles. The Morgan fingerprint density at radius 2 is 2.19 bits per heavy atom. The van der Waals surface area contributed by atoms with Crippen LogP contribution < -0.4 is 4.90 Å². The van der Waals surface area contributed by atoms with E-state index < -0.39 is 6.10 Å². The second kappa shape index (κ2) is 6.41. The molecular formula is C15H23N3O3. The van der Waals surface area contributed by atoms with Crippen molar-refractivity contribution >= 4 is 11.4 Å². The van der Waals surface area contributed by atoms with Crippen LogP contribution in [0.25, 0.3) is 0 Å². The number of piperazine rings is 1. The minimum Gasteiger partial charge on any atom is -0.389 e. The van der Waals surface area contributed by atoms with Gasteiger partial charge in [-0.3, -0.25) is 15.0 Å². The van der Waals surface area contributed by atoms with Gasteiger partial charge in [-0.2, -0.15) is 0 Å². The molecule has 1 N–H and O–H groups in total. The van der Waals surface area contributed by atoms with Crippen molar-refractivity contribution in [1.29, 1.82) is 0 Å². The maximum Gasteiger partial charge on any atom is 0.292 e.